The van der Waals surface area contributed by atoms with E-state index in [0.717, 1.165) is 17.7 Å². The maximum Gasteiger partial charge on any atom is 0.0679 e. The van der Waals surface area contributed by atoms with Crippen LogP contribution in [0.5, 0.6) is 0 Å². The molecule has 1 aliphatic rings. The second-order valence-electron chi connectivity index (χ2n) is 12.4. The molecular weight excluding hydrogens is 605 g/mol. The van der Waals surface area contributed by atoms with Crippen molar-refractivity contribution in [3.05, 3.63) is 241 Å². The van der Waals surface area contributed by atoms with Gasteiger partial charge in [0.25, 0.3) is 0 Å². The van der Waals surface area contributed by atoms with Crippen LogP contribution >= 0.6 is 0 Å². The number of benzene rings is 5. The average molecular weight is 649 g/mol. The van der Waals surface area contributed by atoms with Gasteiger partial charge in [-0.25, -0.2) is 0 Å². The molecule has 0 saturated carbocycles. The van der Waals surface area contributed by atoms with E-state index in [2.05, 4.69) is 188 Å². The van der Waals surface area contributed by atoms with Gasteiger partial charge >= 0.3 is 0 Å². The van der Waals surface area contributed by atoms with Crippen molar-refractivity contribution in [2.45, 2.75) is 24.8 Å². The van der Waals surface area contributed by atoms with E-state index in [0.29, 0.717) is 0 Å². The summed E-state index contributed by atoms with van der Waals surface area (Å²) in [5, 5.41) is 6.96. The third-order valence-electron chi connectivity index (χ3n) is 9.04. The van der Waals surface area contributed by atoms with Crippen molar-refractivity contribution < 1.29 is 0 Å². The summed E-state index contributed by atoms with van der Waals surface area (Å²) < 4.78 is 0. The summed E-state index contributed by atoms with van der Waals surface area (Å²) in [6.07, 6.45) is 24.1. The Morgan fingerprint density at radius 1 is 0.660 bits per heavy atom. The Morgan fingerprint density at radius 2 is 1.24 bits per heavy atom. The number of fused-ring (bicyclic) bond motifs is 3. The third kappa shape index (κ3) is 7.77. The molecular formula is C48H44N2. The lowest BCUT2D eigenvalue weighted by atomic mass is 9.64. The Kier molecular flexibility index (Phi) is 11.4. The normalized spacial score (nSPS) is 14.7. The third-order valence-corrected chi connectivity index (χ3v) is 9.04. The van der Waals surface area contributed by atoms with Gasteiger partial charge in [-0.05, 0) is 88.4 Å². The predicted octanol–water partition coefficient (Wildman–Crippen LogP) is 11.6. The van der Waals surface area contributed by atoms with Gasteiger partial charge in [0.2, 0.25) is 0 Å². The van der Waals surface area contributed by atoms with E-state index in [-0.39, 0.29) is 6.04 Å². The van der Waals surface area contributed by atoms with Crippen molar-refractivity contribution in [1.29, 1.82) is 0 Å². The van der Waals surface area contributed by atoms with Crippen LogP contribution in [-0.2, 0) is 11.8 Å². The molecule has 1 aliphatic carbocycles. The van der Waals surface area contributed by atoms with Crippen LogP contribution in [0.1, 0.15) is 29.2 Å². The highest BCUT2D eigenvalue weighted by molar-refractivity contribution is 5.87. The summed E-state index contributed by atoms with van der Waals surface area (Å²) in [6.45, 7) is 5.94. The number of hydrogen-bond donors (Lipinski definition) is 2. The van der Waals surface area contributed by atoms with Gasteiger partial charge in [0.05, 0.1) is 5.41 Å². The standard InChI is InChI=1S/C48H44N2/c1-3-4-20-38(2)49-35-18-25-41(34-33-39-21-8-5-9-22-39)48(46-31-16-14-29-44(46)45-30-15-17-32-47(45)48)42(37-40-23-10-6-11-24-40)26-19-36-50-43-27-12-7-13-28-43/h3-36,38,49-50H,1,37H2,2H3/b20-4-,34-33-,35-18+,36-19+,41-25+,42-26+. The highest BCUT2D eigenvalue weighted by Gasteiger charge is 2.47. The predicted molar refractivity (Wildman–Crippen MR) is 215 cm³/mol. The van der Waals surface area contributed by atoms with Crippen LogP contribution in [0.4, 0.5) is 5.69 Å². The van der Waals surface area contributed by atoms with Crippen LogP contribution < -0.4 is 10.6 Å². The van der Waals surface area contributed by atoms with Crippen LogP contribution in [-0.4, -0.2) is 6.04 Å². The van der Waals surface area contributed by atoms with Crippen LogP contribution in [0.15, 0.2) is 218 Å². The minimum Gasteiger partial charge on any atom is -0.385 e. The molecule has 2 nitrogen and oxygen atoms in total. The molecule has 0 spiro atoms. The van der Waals surface area contributed by atoms with Crippen molar-refractivity contribution in [2.75, 3.05) is 5.32 Å². The van der Waals surface area contributed by atoms with Gasteiger partial charge in [0, 0.05) is 17.9 Å². The second kappa shape index (κ2) is 16.8. The monoisotopic (exact) mass is 648 g/mol. The van der Waals surface area contributed by atoms with Crippen LogP contribution in [0, 0.1) is 0 Å². The van der Waals surface area contributed by atoms with Gasteiger partial charge in [-0.15, -0.1) is 0 Å². The van der Waals surface area contributed by atoms with Crippen LogP contribution in [0.2, 0.25) is 0 Å². The molecule has 0 heterocycles. The molecule has 0 saturated heterocycles. The minimum atomic E-state index is -0.579. The zero-order valence-corrected chi connectivity index (χ0v) is 28.6. The molecule has 5 aromatic rings. The molecule has 2 heteroatoms. The minimum absolute atomic E-state index is 0.165. The van der Waals surface area contributed by atoms with Crippen molar-refractivity contribution in [3.63, 3.8) is 0 Å². The molecule has 0 radical (unpaired) electrons. The molecule has 0 bridgehead atoms. The van der Waals surface area contributed by atoms with Gasteiger partial charge in [0.15, 0.2) is 0 Å². The molecule has 6 rings (SSSR count). The maximum atomic E-state index is 3.81. The van der Waals surface area contributed by atoms with E-state index < -0.39 is 5.41 Å². The highest BCUT2D eigenvalue weighted by Crippen LogP contribution is 2.57. The number of para-hydroxylation sites is 1. The van der Waals surface area contributed by atoms with Gasteiger partial charge in [-0.1, -0.05) is 177 Å². The fraction of sp³-hybridized carbons (Fsp3) is 0.0833. The summed E-state index contributed by atoms with van der Waals surface area (Å²) in [5.74, 6) is 0. The molecule has 0 aliphatic heterocycles. The molecule has 5 aromatic carbocycles. The van der Waals surface area contributed by atoms with E-state index in [4.69, 9.17) is 0 Å². The number of hydrogen-bond acceptors (Lipinski definition) is 2. The van der Waals surface area contributed by atoms with Gasteiger partial charge in [0.1, 0.15) is 0 Å². The van der Waals surface area contributed by atoms with Gasteiger partial charge < -0.3 is 10.6 Å². The number of nitrogens with one attached hydrogen (secondary N) is 2. The summed E-state index contributed by atoms with van der Waals surface area (Å²) in [6, 6.07) is 49.6. The Morgan fingerprint density at radius 3 is 1.90 bits per heavy atom. The van der Waals surface area contributed by atoms with E-state index in [1.807, 2.05) is 36.7 Å². The first-order valence-corrected chi connectivity index (χ1v) is 17.3. The van der Waals surface area contributed by atoms with Crippen LogP contribution in [0.3, 0.4) is 0 Å². The van der Waals surface area contributed by atoms with Crippen molar-refractivity contribution in [2.24, 2.45) is 0 Å². The molecule has 0 fully saturated rings. The fourth-order valence-electron chi connectivity index (χ4n) is 6.77. The molecule has 1 atom stereocenters. The molecule has 2 N–H and O–H groups in total. The number of rotatable bonds is 14. The van der Waals surface area contributed by atoms with E-state index in [1.54, 1.807) is 6.08 Å². The van der Waals surface area contributed by atoms with Crippen molar-refractivity contribution in [3.8, 4) is 11.1 Å². The fourth-order valence-corrected chi connectivity index (χ4v) is 6.77. The topological polar surface area (TPSA) is 24.1 Å². The number of anilines is 1. The molecule has 0 amide bonds. The number of allylic oxidation sites excluding steroid dienone is 9. The van der Waals surface area contributed by atoms with Crippen LogP contribution in [0.25, 0.3) is 17.2 Å². The smallest absolute Gasteiger partial charge is 0.0679 e. The molecule has 50 heavy (non-hydrogen) atoms. The van der Waals surface area contributed by atoms with E-state index >= 15 is 0 Å². The van der Waals surface area contributed by atoms with Gasteiger partial charge in [-0.3, -0.25) is 0 Å². The molecule has 1 unspecified atom stereocenters. The van der Waals surface area contributed by atoms with E-state index in [1.165, 1.54) is 39.0 Å². The average Bonchev–Trinajstić information content (AvgIpc) is 3.47. The van der Waals surface area contributed by atoms with Gasteiger partial charge in [-0.2, -0.15) is 0 Å². The Hall–Kier alpha value is -6.12. The Balaban J connectivity index is 1.58. The zero-order valence-electron chi connectivity index (χ0n) is 28.6. The SMILES string of the molecule is C=C/C=C\C(C)N/C=C/C=C(\C=C/c1ccccc1)C1(/C(=C/C=C/Nc2ccccc2)Cc2ccccc2)c2ccccc2-c2ccccc21. The zero-order chi connectivity index (χ0) is 34.4. The molecule has 0 aromatic heterocycles. The lowest BCUT2D eigenvalue weighted by molar-refractivity contribution is 0.719. The van der Waals surface area contributed by atoms with E-state index in [9.17, 15) is 0 Å². The first-order valence-electron chi connectivity index (χ1n) is 17.3. The quantitative estimate of drug-likeness (QED) is 0.117. The highest BCUT2D eigenvalue weighted by atomic mass is 14.9. The van der Waals surface area contributed by atoms with Crippen molar-refractivity contribution >= 4 is 11.8 Å². The Labute approximate surface area is 297 Å². The summed E-state index contributed by atoms with van der Waals surface area (Å²) in [7, 11) is 0. The Bertz CT molecular complexity index is 2000. The second-order valence-corrected chi connectivity index (χ2v) is 12.4. The molecule has 246 valence electrons. The summed E-state index contributed by atoms with van der Waals surface area (Å²) >= 11 is 0. The maximum absolute atomic E-state index is 3.81. The first kappa shape index (κ1) is 33.8. The lowest BCUT2D eigenvalue weighted by Crippen LogP contribution is -2.31. The van der Waals surface area contributed by atoms with Crippen molar-refractivity contribution in [1.82, 2.24) is 5.32 Å². The lowest BCUT2D eigenvalue weighted by Gasteiger charge is -2.37. The largest absolute Gasteiger partial charge is 0.385 e. The first-order chi connectivity index (χ1) is 24.7. The summed E-state index contributed by atoms with van der Waals surface area (Å²) in [5.41, 5.74) is 10.4. The summed E-state index contributed by atoms with van der Waals surface area (Å²) in [4.78, 5) is 0.